The summed E-state index contributed by atoms with van der Waals surface area (Å²) in [6, 6.07) is 11.8. The maximum Gasteiger partial charge on any atom is 0.191 e. The Kier molecular flexibility index (Phi) is 9.67. The van der Waals surface area contributed by atoms with Gasteiger partial charge in [0.2, 0.25) is 0 Å². The predicted octanol–water partition coefficient (Wildman–Crippen LogP) is 4.04. The smallest absolute Gasteiger partial charge is 0.191 e. The van der Waals surface area contributed by atoms with Crippen molar-refractivity contribution in [3.8, 4) is 0 Å². The van der Waals surface area contributed by atoms with E-state index in [2.05, 4.69) is 75.1 Å². The van der Waals surface area contributed by atoms with Gasteiger partial charge in [0.25, 0.3) is 0 Å². The fourth-order valence-corrected chi connectivity index (χ4v) is 4.30. The van der Waals surface area contributed by atoms with Gasteiger partial charge in [-0.3, -0.25) is 9.89 Å². The number of guanidine groups is 1. The number of halogens is 1. The highest BCUT2D eigenvalue weighted by Crippen LogP contribution is 2.20. The average Bonchev–Trinajstić information content (AvgIpc) is 3.16. The van der Waals surface area contributed by atoms with Crippen LogP contribution in [0, 0.1) is 0 Å². The minimum Gasteiger partial charge on any atom is -0.354 e. The van der Waals surface area contributed by atoms with Gasteiger partial charge >= 0.3 is 0 Å². The molecule has 0 radical (unpaired) electrons. The highest BCUT2D eigenvalue weighted by molar-refractivity contribution is 14.0. The number of aryl methyl sites for hydroxylation is 1. The summed E-state index contributed by atoms with van der Waals surface area (Å²) in [7, 11) is 1.84. The number of rotatable bonds is 6. The summed E-state index contributed by atoms with van der Waals surface area (Å²) in [5.74, 6) is 0.870. The van der Waals surface area contributed by atoms with E-state index in [1.807, 2.05) is 7.05 Å². The Bertz CT molecular complexity index is 733. The van der Waals surface area contributed by atoms with Gasteiger partial charge in [-0.1, -0.05) is 37.3 Å². The zero-order valence-corrected chi connectivity index (χ0v) is 20.2. The van der Waals surface area contributed by atoms with Crippen molar-refractivity contribution in [2.45, 2.75) is 58.3 Å². The van der Waals surface area contributed by atoms with E-state index >= 15 is 0 Å². The van der Waals surface area contributed by atoms with Crippen molar-refractivity contribution in [3.05, 3.63) is 52.0 Å². The fourth-order valence-electron chi connectivity index (χ4n) is 3.56. The molecule has 2 atom stereocenters. The van der Waals surface area contributed by atoms with Crippen molar-refractivity contribution < 1.29 is 0 Å². The van der Waals surface area contributed by atoms with Gasteiger partial charge in [-0.15, -0.1) is 35.3 Å². The third-order valence-corrected chi connectivity index (χ3v) is 6.19. The Morgan fingerprint density at radius 3 is 2.75 bits per heavy atom. The highest BCUT2D eigenvalue weighted by Gasteiger charge is 2.25. The van der Waals surface area contributed by atoms with Crippen LogP contribution in [0.3, 0.4) is 0 Å². The number of thiazole rings is 1. The predicted molar refractivity (Wildman–Crippen MR) is 130 cm³/mol. The quantitative estimate of drug-likeness (QED) is 0.348. The molecule has 0 spiro atoms. The number of hydrogen-bond acceptors (Lipinski definition) is 4. The Morgan fingerprint density at radius 1 is 1.32 bits per heavy atom. The molecule has 154 valence electrons. The molecule has 0 saturated carbocycles. The van der Waals surface area contributed by atoms with Crippen LogP contribution in [-0.2, 0) is 19.5 Å². The van der Waals surface area contributed by atoms with Crippen molar-refractivity contribution in [1.82, 2.24) is 20.5 Å². The molecule has 1 aromatic carbocycles. The van der Waals surface area contributed by atoms with Crippen LogP contribution in [0.4, 0.5) is 0 Å². The molecule has 5 nitrogen and oxygen atoms in total. The van der Waals surface area contributed by atoms with E-state index in [0.717, 1.165) is 50.6 Å². The first kappa shape index (κ1) is 23.1. The maximum absolute atomic E-state index is 4.61. The van der Waals surface area contributed by atoms with E-state index in [9.17, 15) is 0 Å². The number of hydrogen-bond donors (Lipinski definition) is 2. The summed E-state index contributed by atoms with van der Waals surface area (Å²) < 4.78 is 0. The third kappa shape index (κ3) is 6.70. The summed E-state index contributed by atoms with van der Waals surface area (Å²) in [6.07, 6.45) is 3.26. The third-order valence-electron chi connectivity index (χ3n) is 5.15. The highest BCUT2D eigenvalue weighted by atomic mass is 127. The molecule has 0 amide bonds. The van der Waals surface area contributed by atoms with Crippen molar-refractivity contribution in [3.63, 3.8) is 0 Å². The number of aromatic nitrogens is 1. The van der Waals surface area contributed by atoms with E-state index < -0.39 is 0 Å². The SMILES string of the molecule is CCc1nc(CNC(=NC)NC2CCN(Cc3ccccc3)C(C)C2)cs1.I. The summed E-state index contributed by atoms with van der Waals surface area (Å²) in [6.45, 7) is 7.33. The minimum absolute atomic E-state index is 0. The molecule has 2 heterocycles. The van der Waals surface area contributed by atoms with Crippen LogP contribution in [-0.4, -0.2) is 41.5 Å². The maximum atomic E-state index is 4.61. The van der Waals surface area contributed by atoms with Gasteiger partial charge in [-0.05, 0) is 31.7 Å². The first-order chi connectivity index (χ1) is 13.2. The van der Waals surface area contributed by atoms with Crippen LogP contribution < -0.4 is 10.6 Å². The molecule has 1 aliphatic rings. The molecule has 1 fully saturated rings. The largest absolute Gasteiger partial charge is 0.354 e. The van der Waals surface area contributed by atoms with Crippen molar-refractivity contribution in [2.24, 2.45) is 4.99 Å². The summed E-state index contributed by atoms with van der Waals surface area (Å²) >= 11 is 1.73. The molecule has 1 aromatic heterocycles. The summed E-state index contributed by atoms with van der Waals surface area (Å²) in [5, 5.41) is 10.3. The zero-order valence-electron chi connectivity index (χ0n) is 17.0. The average molecular weight is 513 g/mol. The summed E-state index contributed by atoms with van der Waals surface area (Å²) in [5.41, 5.74) is 2.48. The monoisotopic (exact) mass is 513 g/mol. The molecular formula is C21H32IN5S. The lowest BCUT2D eigenvalue weighted by Crippen LogP contribution is -2.51. The van der Waals surface area contributed by atoms with E-state index in [-0.39, 0.29) is 24.0 Å². The molecule has 1 aliphatic heterocycles. The molecule has 1 saturated heterocycles. The number of aliphatic imine (C=N–C) groups is 1. The normalized spacial score (nSPS) is 20.5. The lowest BCUT2D eigenvalue weighted by Gasteiger charge is -2.38. The topological polar surface area (TPSA) is 52.6 Å². The number of piperidine rings is 1. The Labute approximate surface area is 190 Å². The molecule has 0 aliphatic carbocycles. The first-order valence-electron chi connectivity index (χ1n) is 9.86. The molecule has 2 unspecified atom stereocenters. The number of nitrogens with one attached hydrogen (secondary N) is 2. The molecule has 2 aromatic rings. The lowest BCUT2D eigenvalue weighted by molar-refractivity contribution is 0.134. The van der Waals surface area contributed by atoms with Crippen LogP contribution in [0.5, 0.6) is 0 Å². The molecule has 2 N–H and O–H groups in total. The van der Waals surface area contributed by atoms with Crippen LogP contribution >= 0.6 is 35.3 Å². The van der Waals surface area contributed by atoms with Gasteiger partial charge in [0, 0.05) is 37.6 Å². The molecule has 0 bridgehead atoms. The van der Waals surface area contributed by atoms with E-state index in [0.29, 0.717) is 12.1 Å². The van der Waals surface area contributed by atoms with Gasteiger partial charge in [0.05, 0.1) is 17.2 Å². The van der Waals surface area contributed by atoms with Crippen molar-refractivity contribution in [2.75, 3.05) is 13.6 Å². The Balaban J connectivity index is 0.00000280. The van der Waals surface area contributed by atoms with Crippen molar-refractivity contribution >= 4 is 41.3 Å². The van der Waals surface area contributed by atoms with Gasteiger partial charge in [-0.2, -0.15) is 0 Å². The number of likely N-dealkylation sites (tertiary alicyclic amines) is 1. The standard InChI is InChI=1S/C21H31N5S.HI/c1-4-20-24-19(15-27-20)13-23-21(22-3)25-18-10-11-26(16(2)12-18)14-17-8-6-5-7-9-17;/h5-9,15-16,18H,4,10-14H2,1-3H3,(H2,22,23,25);1H. The van der Waals surface area contributed by atoms with Crippen LogP contribution in [0.25, 0.3) is 0 Å². The lowest BCUT2D eigenvalue weighted by atomic mass is 9.97. The molecule has 28 heavy (non-hydrogen) atoms. The minimum atomic E-state index is 0. The van der Waals surface area contributed by atoms with E-state index in [1.54, 1.807) is 11.3 Å². The Hall–Kier alpha value is -1.19. The second kappa shape index (κ2) is 11.7. The molecular weight excluding hydrogens is 481 g/mol. The zero-order chi connectivity index (χ0) is 19.1. The Morgan fingerprint density at radius 2 is 2.11 bits per heavy atom. The van der Waals surface area contributed by atoms with Gasteiger partial charge in [0.1, 0.15) is 0 Å². The van der Waals surface area contributed by atoms with Gasteiger partial charge in [-0.25, -0.2) is 4.98 Å². The fraction of sp³-hybridized carbons (Fsp3) is 0.524. The second-order valence-corrected chi connectivity index (χ2v) is 8.13. The second-order valence-electron chi connectivity index (χ2n) is 7.18. The van der Waals surface area contributed by atoms with Gasteiger partial charge in [0.15, 0.2) is 5.96 Å². The van der Waals surface area contributed by atoms with E-state index in [4.69, 9.17) is 0 Å². The number of nitrogens with zero attached hydrogens (tertiary/aromatic N) is 3. The number of benzene rings is 1. The van der Waals surface area contributed by atoms with Crippen molar-refractivity contribution in [1.29, 1.82) is 0 Å². The molecule has 7 heteroatoms. The summed E-state index contributed by atoms with van der Waals surface area (Å²) in [4.78, 5) is 11.6. The van der Waals surface area contributed by atoms with Gasteiger partial charge < -0.3 is 10.6 Å². The van der Waals surface area contributed by atoms with Crippen LogP contribution in [0.15, 0.2) is 40.7 Å². The van der Waals surface area contributed by atoms with Crippen LogP contribution in [0.2, 0.25) is 0 Å². The van der Waals surface area contributed by atoms with Crippen LogP contribution in [0.1, 0.15) is 43.0 Å². The first-order valence-corrected chi connectivity index (χ1v) is 10.7. The van der Waals surface area contributed by atoms with E-state index in [1.165, 1.54) is 10.6 Å². The molecule has 3 rings (SSSR count).